The Labute approximate surface area is 177 Å². The van der Waals surface area contributed by atoms with Crippen LogP contribution in [0.1, 0.15) is 5.56 Å². The number of hydrogen-bond acceptors (Lipinski definition) is 4. The smallest absolute Gasteiger partial charge is 0.383 e. The third-order valence-corrected chi connectivity index (χ3v) is 5.45. The molecule has 158 valence electrons. The molecule has 0 atom stereocenters. The van der Waals surface area contributed by atoms with Crippen molar-refractivity contribution in [2.45, 2.75) is 6.18 Å². The lowest BCUT2D eigenvalue weighted by Gasteiger charge is -2.12. The molecule has 4 aromatic rings. The number of benzene rings is 2. The van der Waals surface area contributed by atoms with Gasteiger partial charge in [-0.15, -0.1) is 11.3 Å². The van der Waals surface area contributed by atoms with Gasteiger partial charge in [0, 0.05) is 33.2 Å². The number of fused-ring (bicyclic) bond motifs is 1. The molecule has 10 heteroatoms. The number of carbonyl (C=O) groups is 1. The van der Waals surface area contributed by atoms with Crippen molar-refractivity contribution in [3.05, 3.63) is 71.5 Å². The molecule has 4 rings (SSSR count). The van der Waals surface area contributed by atoms with Crippen molar-refractivity contribution in [2.75, 3.05) is 16.4 Å². The summed E-state index contributed by atoms with van der Waals surface area (Å²) in [5, 5.41) is 7.60. The minimum absolute atomic E-state index is 0.185. The number of amides is 2. The van der Waals surface area contributed by atoms with Crippen LogP contribution in [-0.4, -0.2) is 11.0 Å². The second kappa shape index (κ2) is 7.88. The van der Waals surface area contributed by atoms with E-state index in [-0.39, 0.29) is 5.69 Å². The van der Waals surface area contributed by atoms with Crippen LogP contribution < -0.4 is 16.4 Å². The Morgan fingerprint density at radius 3 is 2.39 bits per heavy atom. The first-order chi connectivity index (χ1) is 14.7. The van der Waals surface area contributed by atoms with Crippen LogP contribution in [0, 0.1) is 5.82 Å². The van der Waals surface area contributed by atoms with Crippen molar-refractivity contribution >= 4 is 44.6 Å². The fraction of sp³-hybridized carbons (Fsp3) is 0.0476. The van der Waals surface area contributed by atoms with E-state index in [1.54, 1.807) is 30.5 Å². The largest absolute Gasteiger partial charge is 0.419 e. The molecule has 0 unspecified atom stereocenters. The fourth-order valence-corrected chi connectivity index (χ4v) is 4.04. The van der Waals surface area contributed by atoms with Gasteiger partial charge in [-0.3, -0.25) is 0 Å². The first kappa shape index (κ1) is 20.6. The molecule has 31 heavy (non-hydrogen) atoms. The van der Waals surface area contributed by atoms with E-state index in [1.165, 1.54) is 11.3 Å². The first-order valence-electron chi connectivity index (χ1n) is 8.89. The lowest BCUT2D eigenvalue weighted by atomic mass is 10.1. The summed E-state index contributed by atoms with van der Waals surface area (Å²) in [5.74, 6) is -0.987. The Morgan fingerprint density at radius 2 is 1.68 bits per heavy atom. The van der Waals surface area contributed by atoms with Gasteiger partial charge in [-0.25, -0.2) is 14.2 Å². The molecular weight excluding hydrogens is 432 g/mol. The molecule has 0 aliphatic carbocycles. The Bertz CT molecular complexity index is 1270. The van der Waals surface area contributed by atoms with Crippen molar-refractivity contribution in [2.24, 2.45) is 0 Å². The number of nitrogens with two attached hydrogens (primary N) is 1. The van der Waals surface area contributed by atoms with Crippen LogP contribution in [0.25, 0.3) is 21.2 Å². The molecule has 2 amide bonds. The molecule has 0 saturated carbocycles. The number of nitrogens with one attached hydrogen (secondary N) is 2. The average molecular weight is 446 g/mol. The lowest BCUT2D eigenvalue weighted by Crippen LogP contribution is -2.20. The summed E-state index contributed by atoms with van der Waals surface area (Å²) in [6.07, 6.45) is -3.22. The van der Waals surface area contributed by atoms with Crippen LogP contribution in [0.3, 0.4) is 0 Å². The third-order valence-electron chi connectivity index (χ3n) is 4.50. The van der Waals surface area contributed by atoms with Crippen molar-refractivity contribution in [3.8, 4) is 11.1 Å². The summed E-state index contributed by atoms with van der Waals surface area (Å²) in [6.45, 7) is 0. The molecular formula is C21H14F4N4OS. The van der Waals surface area contributed by atoms with E-state index in [9.17, 15) is 22.4 Å². The van der Waals surface area contributed by atoms with E-state index in [0.29, 0.717) is 23.6 Å². The number of pyridine rings is 1. The van der Waals surface area contributed by atoms with Crippen LogP contribution in [0.5, 0.6) is 0 Å². The number of anilines is 3. The molecule has 0 saturated heterocycles. The highest BCUT2D eigenvalue weighted by atomic mass is 32.1. The van der Waals surface area contributed by atoms with Gasteiger partial charge in [0.05, 0.1) is 5.56 Å². The molecule has 2 aromatic heterocycles. The highest BCUT2D eigenvalue weighted by Crippen LogP contribution is 2.37. The molecule has 2 aromatic carbocycles. The van der Waals surface area contributed by atoms with Gasteiger partial charge in [0.2, 0.25) is 0 Å². The van der Waals surface area contributed by atoms with Crippen LogP contribution in [0.15, 0.2) is 60.1 Å². The third kappa shape index (κ3) is 4.29. The van der Waals surface area contributed by atoms with E-state index >= 15 is 0 Å². The summed E-state index contributed by atoms with van der Waals surface area (Å²) < 4.78 is 52.8. The van der Waals surface area contributed by atoms with Crippen LogP contribution in [0.2, 0.25) is 0 Å². The van der Waals surface area contributed by atoms with Crippen LogP contribution in [0.4, 0.5) is 39.5 Å². The predicted octanol–water partition coefficient (Wildman–Crippen LogP) is 6.35. The Balaban J connectivity index is 1.49. The van der Waals surface area contributed by atoms with Gasteiger partial charge in [0.25, 0.3) is 0 Å². The number of nitrogen functional groups attached to an aromatic ring is 1. The topological polar surface area (TPSA) is 80.0 Å². The normalized spacial score (nSPS) is 11.5. The van der Waals surface area contributed by atoms with Crippen molar-refractivity contribution < 1.29 is 22.4 Å². The minimum Gasteiger partial charge on any atom is -0.383 e. The maximum absolute atomic E-state index is 13.4. The minimum atomic E-state index is -4.86. The number of thiophene rings is 1. The molecule has 0 fully saturated rings. The number of hydrogen-bond donors (Lipinski definition) is 3. The zero-order valence-corrected chi connectivity index (χ0v) is 16.4. The summed E-state index contributed by atoms with van der Waals surface area (Å²) in [7, 11) is 0. The first-order valence-corrected chi connectivity index (χ1v) is 9.77. The molecule has 0 radical (unpaired) electrons. The molecule has 0 aliphatic rings. The average Bonchev–Trinajstić information content (AvgIpc) is 3.15. The maximum Gasteiger partial charge on any atom is 0.419 e. The second-order valence-electron chi connectivity index (χ2n) is 6.57. The maximum atomic E-state index is 13.4. The van der Waals surface area contributed by atoms with E-state index in [1.807, 2.05) is 11.4 Å². The monoisotopic (exact) mass is 446 g/mol. The number of urea groups is 1. The molecule has 0 aliphatic heterocycles. The lowest BCUT2D eigenvalue weighted by molar-refractivity contribution is -0.139. The molecule has 0 spiro atoms. The van der Waals surface area contributed by atoms with Gasteiger partial charge in [0.15, 0.2) is 0 Å². The highest BCUT2D eigenvalue weighted by Gasteiger charge is 2.34. The molecule has 0 bridgehead atoms. The Morgan fingerprint density at radius 1 is 1.00 bits per heavy atom. The summed E-state index contributed by atoms with van der Waals surface area (Å²) in [4.78, 5) is 16.3. The van der Waals surface area contributed by atoms with Crippen molar-refractivity contribution in [3.63, 3.8) is 0 Å². The summed E-state index contributed by atoms with van der Waals surface area (Å²) in [5.41, 5.74) is 6.55. The van der Waals surface area contributed by atoms with Crippen LogP contribution in [-0.2, 0) is 6.18 Å². The summed E-state index contributed by atoms with van der Waals surface area (Å²) in [6, 6.07) is 10.2. The summed E-state index contributed by atoms with van der Waals surface area (Å²) >= 11 is 1.54. The van der Waals surface area contributed by atoms with Gasteiger partial charge in [-0.05, 0) is 47.3 Å². The van der Waals surface area contributed by atoms with Crippen molar-refractivity contribution in [1.82, 2.24) is 4.98 Å². The van der Waals surface area contributed by atoms with Gasteiger partial charge >= 0.3 is 12.2 Å². The van der Waals surface area contributed by atoms with Crippen molar-refractivity contribution in [1.29, 1.82) is 0 Å². The standard InChI is InChI=1S/C21H14F4N4OS/c22-16-6-5-13(9-15(16)21(23,24)25)29-20(30)28-12-3-1-11(2-4-12)14-10-31-17-7-8-27-19(26)18(14)17/h1-10H,(H2,26,27)(H2,28,29,30). The number of rotatable bonds is 3. The fourth-order valence-electron chi connectivity index (χ4n) is 3.07. The number of nitrogens with zero attached hydrogens (tertiary/aromatic N) is 1. The van der Waals surface area contributed by atoms with E-state index in [0.717, 1.165) is 27.3 Å². The Hall–Kier alpha value is -3.66. The van der Waals surface area contributed by atoms with E-state index in [4.69, 9.17) is 5.73 Å². The predicted molar refractivity (Wildman–Crippen MR) is 114 cm³/mol. The Kier molecular flexibility index (Phi) is 5.24. The molecule has 2 heterocycles. The van der Waals surface area contributed by atoms with E-state index in [2.05, 4.69) is 15.6 Å². The van der Waals surface area contributed by atoms with E-state index < -0.39 is 23.6 Å². The highest BCUT2D eigenvalue weighted by molar-refractivity contribution is 7.17. The second-order valence-corrected chi connectivity index (χ2v) is 7.48. The SMILES string of the molecule is Nc1nccc2scc(-c3ccc(NC(=O)Nc4ccc(F)c(C(F)(F)F)c4)cc3)c12. The van der Waals surface area contributed by atoms with Crippen LogP contribution >= 0.6 is 11.3 Å². The van der Waals surface area contributed by atoms with Gasteiger partial charge in [-0.2, -0.15) is 13.2 Å². The number of alkyl halides is 3. The van der Waals surface area contributed by atoms with Gasteiger partial charge < -0.3 is 16.4 Å². The molecule has 5 nitrogen and oxygen atoms in total. The number of halogens is 4. The van der Waals surface area contributed by atoms with Gasteiger partial charge in [0.1, 0.15) is 11.6 Å². The zero-order chi connectivity index (χ0) is 22.2. The number of aromatic nitrogens is 1. The zero-order valence-electron chi connectivity index (χ0n) is 15.6. The number of carbonyl (C=O) groups excluding carboxylic acids is 1. The quantitative estimate of drug-likeness (QED) is 0.321. The molecule has 4 N–H and O–H groups in total. The van der Waals surface area contributed by atoms with Gasteiger partial charge in [-0.1, -0.05) is 12.1 Å².